The van der Waals surface area contributed by atoms with Crippen LogP contribution in [0.5, 0.6) is 0 Å². The number of imidazole rings is 1. The van der Waals surface area contributed by atoms with Gasteiger partial charge in [-0.25, -0.2) is 4.98 Å². The van der Waals surface area contributed by atoms with E-state index in [1.54, 1.807) is 6.92 Å². The number of para-hydroxylation sites is 2. The van der Waals surface area contributed by atoms with Gasteiger partial charge in [-0.05, 0) is 30.7 Å². The van der Waals surface area contributed by atoms with Crippen molar-refractivity contribution < 1.29 is 9.59 Å². The summed E-state index contributed by atoms with van der Waals surface area (Å²) >= 11 is 0. The van der Waals surface area contributed by atoms with Crippen LogP contribution in [0, 0.1) is 28.6 Å². The van der Waals surface area contributed by atoms with Crippen LogP contribution in [0.1, 0.15) is 12.7 Å². The number of carbonyl (C=O) groups is 2. The van der Waals surface area contributed by atoms with Crippen LogP contribution in [0.3, 0.4) is 0 Å². The fraction of sp³-hybridized carbons (Fsp3) is 0.167. The number of amides is 2. The first-order valence-corrected chi connectivity index (χ1v) is 7.47. The molecule has 2 heterocycles. The molecule has 1 aromatic heterocycles. The number of carbonyl (C=O) groups excluding carboxylic acids is 2. The molecule has 0 saturated heterocycles. The van der Waals surface area contributed by atoms with Crippen LogP contribution < -0.4 is 0 Å². The molecule has 0 spiro atoms. The zero-order valence-corrected chi connectivity index (χ0v) is 13.6. The summed E-state index contributed by atoms with van der Waals surface area (Å²) in [7, 11) is 1.32. The monoisotopic (exact) mass is 331 g/mol. The van der Waals surface area contributed by atoms with Crippen molar-refractivity contribution in [3.8, 4) is 12.1 Å². The number of imide groups is 1. The first-order chi connectivity index (χ1) is 12.0. The highest BCUT2D eigenvalue weighted by Crippen LogP contribution is 2.28. The molecule has 1 atom stereocenters. The molecule has 0 aliphatic carbocycles. The number of hydrogen-bond acceptors (Lipinski definition) is 5. The van der Waals surface area contributed by atoms with E-state index in [-0.39, 0.29) is 11.1 Å². The van der Waals surface area contributed by atoms with Crippen LogP contribution in [0.4, 0.5) is 0 Å². The average molecular weight is 331 g/mol. The topological polar surface area (TPSA) is 114 Å². The van der Waals surface area contributed by atoms with Crippen LogP contribution in [0.2, 0.25) is 0 Å². The van der Waals surface area contributed by atoms with Gasteiger partial charge < -0.3 is 4.98 Å². The van der Waals surface area contributed by atoms with Gasteiger partial charge in [0.15, 0.2) is 0 Å². The van der Waals surface area contributed by atoms with Crippen molar-refractivity contribution in [1.82, 2.24) is 14.9 Å². The zero-order chi connectivity index (χ0) is 18.1. The number of aromatic nitrogens is 2. The first kappa shape index (κ1) is 16.2. The highest BCUT2D eigenvalue weighted by atomic mass is 16.2. The molecule has 2 amide bonds. The van der Waals surface area contributed by atoms with Crippen LogP contribution >= 0.6 is 0 Å². The smallest absolute Gasteiger partial charge is 0.270 e. The number of likely N-dealkylation sites (N-methyl/N-ethyl adjacent to an activating group) is 1. The molecule has 25 heavy (non-hydrogen) atoms. The Morgan fingerprint density at radius 3 is 2.68 bits per heavy atom. The summed E-state index contributed by atoms with van der Waals surface area (Å²) in [5, 5.41) is 18.7. The van der Waals surface area contributed by atoms with Gasteiger partial charge in [-0.15, -0.1) is 0 Å². The molecule has 1 aliphatic heterocycles. The van der Waals surface area contributed by atoms with Gasteiger partial charge in [0.25, 0.3) is 5.91 Å². The van der Waals surface area contributed by atoms with Crippen molar-refractivity contribution in [2.45, 2.75) is 6.92 Å². The number of nitriles is 2. The third-order valence-corrected chi connectivity index (χ3v) is 4.19. The Hall–Kier alpha value is -3.71. The van der Waals surface area contributed by atoms with E-state index in [1.165, 1.54) is 13.1 Å². The normalized spacial score (nSPS) is 18.5. The van der Waals surface area contributed by atoms with Crippen molar-refractivity contribution in [3.63, 3.8) is 0 Å². The van der Waals surface area contributed by atoms with Gasteiger partial charge in [0.1, 0.15) is 23.5 Å². The van der Waals surface area contributed by atoms with Crippen molar-refractivity contribution >= 4 is 28.4 Å². The highest BCUT2D eigenvalue weighted by Gasteiger charge is 2.36. The lowest BCUT2D eigenvalue weighted by Gasteiger charge is -2.27. The van der Waals surface area contributed by atoms with Crippen molar-refractivity contribution in [1.29, 1.82) is 10.5 Å². The molecule has 122 valence electrons. The quantitative estimate of drug-likeness (QED) is 0.667. The van der Waals surface area contributed by atoms with Crippen LogP contribution in [0.15, 0.2) is 41.5 Å². The van der Waals surface area contributed by atoms with E-state index in [2.05, 4.69) is 9.97 Å². The Labute approximate surface area is 143 Å². The molecule has 1 aromatic carbocycles. The third-order valence-electron chi connectivity index (χ3n) is 4.19. The number of hydrogen-bond donors (Lipinski definition) is 1. The first-order valence-electron chi connectivity index (χ1n) is 7.47. The molecule has 0 bridgehead atoms. The largest absolute Gasteiger partial charge is 0.337 e. The Kier molecular flexibility index (Phi) is 3.92. The third kappa shape index (κ3) is 2.58. The van der Waals surface area contributed by atoms with Gasteiger partial charge >= 0.3 is 0 Å². The lowest BCUT2D eigenvalue weighted by atomic mass is 9.88. The van der Waals surface area contributed by atoms with E-state index in [4.69, 9.17) is 0 Å². The van der Waals surface area contributed by atoms with Gasteiger partial charge in [-0.2, -0.15) is 10.5 Å². The number of H-pyrrole nitrogens is 1. The maximum absolute atomic E-state index is 12.4. The fourth-order valence-corrected chi connectivity index (χ4v) is 2.73. The summed E-state index contributed by atoms with van der Waals surface area (Å²) in [6.07, 6.45) is 1.44. The van der Waals surface area contributed by atoms with Gasteiger partial charge in [-0.1, -0.05) is 12.1 Å². The number of aromatic amines is 1. The Morgan fingerprint density at radius 1 is 1.32 bits per heavy atom. The lowest BCUT2D eigenvalue weighted by Crippen LogP contribution is -2.43. The van der Waals surface area contributed by atoms with E-state index < -0.39 is 17.7 Å². The van der Waals surface area contributed by atoms with E-state index >= 15 is 0 Å². The van der Waals surface area contributed by atoms with E-state index in [0.717, 1.165) is 10.4 Å². The number of rotatable bonds is 2. The van der Waals surface area contributed by atoms with Crippen molar-refractivity contribution in [2.24, 2.45) is 5.92 Å². The molecule has 2 aromatic rings. The molecule has 1 N–H and O–H groups in total. The summed E-state index contributed by atoms with van der Waals surface area (Å²) in [6, 6.07) is 11.2. The van der Waals surface area contributed by atoms with Crippen LogP contribution in [-0.2, 0) is 9.59 Å². The predicted molar refractivity (Wildman–Crippen MR) is 89.3 cm³/mol. The summed E-state index contributed by atoms with van der Waals surface area (Å²) in [5.41, 5.74) is 1.90. The van der Waals surface area contributed by atoms with Crippen molar-refractivity contribution in [2.75, 3.05) is 7.05 Å². The molecule has 7 heteroatoms. The molecule has 0 radical (unpaired) electrons. The summed E-state index contributed by atoms with van der Waals surface area (Å²) in [4.78, 5) is 32.7. The van der Waals surface area contributed by atoms with Crippen molar-refractivity contribution in [3.05, 3.63) is 47.3 Å². The van der Waals surface area contributed by atoms with E-state index in [1.807, 2.05) is 36.4 Å². The molecule has 0 saturated carbocycles. The van der Waals surface area contributed by atoms with Crippen LogP contribution in [0.25, 0.3) is 16.6 Å². The van der Waals surface area contributed by atoms with Gasteiger partial charge in [-0.3, -0.25) is 14.5 Å². The number of allylic oxidation sites excluding steroid dienone is 1. The summed E-state index contributed by atoms with van der Waals surface area (Å²) in [5.74, 6) is -1.63. The standard InChI is InChI=1S/C18H13N5O2/c1-10-12(17(24)23(2)18(25)13(10)9-20)7-11(8-19)16-21-14-5-3-4-6-15(14)22-16/h3-7,12H,1-2H3,(H,21,22)/b11-7+/t12-/m0/s1. The molecule has 1 aliphatic rings. The predicted octanol–water partition coefficient (Wildman–Crippen LogP) is 1.92. The number of benzene rings is 1. The minimum absolute atomic E-state index is 0.0785. The Balaban J connectivity index is 2.12. The maximum Gasteiger partial charge on any atom is 0.270 e. The molecular formula is C18H13N5O2. The zero-order valence-electron chi connectivity index (χ0n) is 13.6. The molecule has 3 rings (SSSR count). The molecule has 0 unspecified atom stereocenters. The maximum atomic E-state index is 12.4. The van der Waals surface area contributed by atoms with Gasteiger partial charge in [0.2, 0.25) is 5.91 Å². The second-order valence-corrected chi connectivity index (χ2v) is 5.64. The summed E-state index contributed by atoms with van der Waals surface area (Å²) in [6.45, 7) is 1.55. The van der Waals surface area contributed by atoms with E-state index in [9.17, 15) is 20.1 Å². The highest BCUT2D eigenvalue weighted by molar-refractivity contribution is 6.12. The SMILES string of the molecule is CC1=C(C#N)C(=O)N(C)C(=O)[C@H]1/C=C(\C#N)c1nc2ccccc2[nH]1. The summed E-state index contributed by atoms with van der Waals surface area (Å²) < 4.78 is 0. The van der Waals surface area contributed by atoms with Crippen LogP contribution in [-0.4, -0.2) is 33.7 Å². The minimum Gasteiger partial charge on any atom is -0.337 e. The van der Waals surface area contributed by atoms with E-state index in [0.29, 0.717) is 16.9 Å². The van der Waals surface area contributed by atoms with Gasteiger partial charge in [0, 0.05) is 7.05 Å². The average Bonchev–Trinajstić information content (AvgIpc) is 3.04. The molecule has 0 fully saturated rings. The number of nitrogens with one attached hydrogen (secondary N) is 1. The molecule has 7 nitrogen and oxygen atoms in total. The number of fused-ring (bicyclic) bond motifs is 1. The fourth-order valence-electron chi connectivity index (χ4n) is 2.73. The Morgan fingerprint density at radius 2 is 2.04 bits per heavy atom. The Bertz CT molecular complexity index is 1010. The second-order valence-electron chi connectivity index (χ2n) is 5.64. The van der Waals surface area contributed by atoms with Gasteiger partial charge in [0.05, 0.1) is 22.5 Å². The number of nitrogens with zero attached hydrogens (tertiary/aromatic N) is 4. The minimum atomic E-state index is -0.861. The molecular weight excluding hydrogens is 318 g/mol. The second kappa shape index (κ2) is 6.06. The lowest BCUT2D eigenvalue weighted by molar-refractivity contribution is -0.143.